The Hall–Kier alpha value is -1.02. The molecule has 0 bridgehead atoms. The molecule has 0 fully saturated rings. The smallest absolute Gasteiger partial charge is 0.391 e. The Bertz CT molecular complexity index is 393. The van der Waals surface area contributed by atoms with E-state index in [0.717, 1.165) is 0 Å². The van der Waals surface area contributed by atoms with Crippen LogP contribution in [0.2, 0.25) is 0 Å². The van der Waals surface area contributed by atoms with Gasteiger partial charge in [-0.2, -0.15) is 26.3 Å². The lowest BCUT2D eigenvalue weighted by atomic mass is 9.84. The number of hydrogen-bond acceptors (Lipinski definition) is 2. The summed E-state index contributed by atoms with van der Waals surface area (Å²) >= 11 is 0. The van der Waals surface area contributed by atoms with E-state index in [-0.39, 0.29) is 6.08 Å². The average molecular weight is 289 g/mol. The topological polar surface area (TPSA) is 46.2 Å². The fourth-order valence-electron chi connectivity index (χ4n) is 1.82. The minimum Gasteiger partial charge on any atom is -0.391 e. The number of halogens is 6. The lowest BCUT2D eigenvalue weighted by Gasteiger charge is -2.29. The molecule has 0 aliphatic heterocycles. The van der Waals surface area contributed by atoms with Crippen molar-refractivity contribution in [2.75, 3.05) is 0 Å². The molecule has 3 atom stereocenters. The van der Waals surface area contributed by atoms with Crippen LogP contribution in [-0.4, -0.2) is 29.6 Å². The van der Waals surface area contributed by atoms with Gasteiger partial charge in [-0.3, -0.25) is 0 Å². The van der Waals surface area contributed by atoms with Crippen LogP contribution in [0, 0.1) is 5.92 Å². The second-order valence-corrected chi connectivity index (χ2v) is 4.50. The molecule has 0 saturated heterocycles. The summed E-state index contributed by atoms with van der Waals surface area (Å²) in [5, 5.41) is 9.59. The third-order valence-corrected chi connectivity index (χ3v) is 2.85. The van der Waals surface area contributed by atoms with Crippen molar-refractivity contribution in [3.8, 4) is 0 Å². The van der Waals surface area contributed by atoms with Gasteiger partial charge in [0.2, 0.25) is 0 Å². The van der Waals surface area contributed by atoms with Crippen LogP contribution in [0.1, 0.15) is 13.3 Å². The number of aliphatic hydroxyl groups is 1. The molecular formula is C11H13F6NO. The van der Waals surface area contributed by atoms with Gasteiger partial charge in [0.05, 0.1) is 11.7 Å². The van der Waals surface area contributed by atoms with Crippen LogP contribution in [0.5, 0.6) is 0 Å². The zero-order valence-electron chi connectivity index (χ0n) is 9.89. The van der Waals surface area contributed by atoms with E-state index in [9.17, 15) is 31.4 Å². The van der Waals surface area contributed by atoms with Crippen LogP contribution in [-0.2, 0) is 0 Å². The highest BCUT2D eigenvalue weighted by atomic mass is 19.4. The Morgan fingerprint density at radius 3 is 2.11 bits per heavy atom. The summed E-state index contributed by atoms with van der Waals surface area (Å²) in [6, 6.07) is -0.927. The van der Waals surface area contributed by atoms with Crippen molar-refractivity contribution in [1.82, 2.24) is 0 Å². The summed E-state index contributed by atoms with van der Waals surface area (Å²) in [4.78, 5) is 0. The Balaban J connectivity index is 3.15. The maximum Gasteiger partial charge on any atom is 0.416 e. The number of rotatable bonds is 2. The van der Waals surface area contributed by atoms with E-state index < -0.39 is 48.0 Å². The molecule has 0 aromatic carbocycles. The van der Waals surface area contributed by atoms with E-state index in [1.165, 1.54) is 6.92 Å². The molecule has 0 spiro atoms. The second-order valence-electron chi connectivity index (χ2n) is 4.50. The van der Waals surface area contributed by atoms with Crippen molar-refractivity contribution in [2.45, 2.75) is 37.8 Å². The summed E-state index contributed by atoms with van der Waals surface area (Å²) in [6.07, 6.45) is -11.3. The van der Waals surface area contributed by atoms with Crippen LogP contribution in [0.25, 0.3) is 0 Å². The maximum atomic E-state index is 12.6. The van der Waals surface area contributed by atoms with Crippen molar-refractivity contribution in [3.05, 3.63) is 23.3 Å². The predicted octanol–water partition coefficient (Wildman–Crippen LogP) is 2.69. The Kier molecular flexibility index (Phi) is 4.36. The molecule has 3 unspecified atom stereocenters. The van der Waals surface area contributed by atoms with Gasteiger partial charge < -0.3 is 10.8 Å². The first-order valence-corrected chi connectivity index (χ1v) is 5.43. The van der Waals surface area contributed by atoms with E-state index in [0.29, 0.717) is 6.08 Å². The summed E-state index contributed by atoms with van der Waals surface area (Å²) in [5.41, 5.74) is 2.59. The van der Waals surface area contributed by atoms with Gasteiger partial charge in [-0.15, -0.1) is 0 Å². The molecule has 1 rings (SSSR count). The average Bonchev–Trinajstić information content (AvgIpc) is 2.24. The lowest BCUT2D eigenvalue weighted by molar-refractivity contribution is -0.101. The first-order chi connectivity index (χ1) is 8.43. The third kappa shape index (κ3) is 3.97. The quantitative estimate of drug-likeness (QED) is 0.768. The molecule has 0 aromatic rings. The van der Waals surface area contributed by atoms with E-state index in [4.69, 9.17) is 5.73 Å². The molecule has 1 aliphatic rings. The molecular weight excluding hydrogens is 276 g/mol. The van der Waals surface area contributed by atoms with Crippen molar-refractivity contribution in [2.24, 2.45) is 11.7 Å². The monoisotopic (exact) mass is 289 g/mol. The molecule has 110 valence electrons. The highest BCUT2D eigenvalue weighted by Crippen LogP contribution is 2.40. The largest absolute Gasteiger partial charge is 0.416 e. The van der Waals surface area contributed by atoms with Gasteiger partial charge in [0, 0.05) is 17.5 Å². The maximum absolute atomic E-state index is 12.6. The number of nitrogens with two attached hydrogens (primary N) is 1. The summed E-state index contributed by atoms with van der Waals surface area (Å²) in [5.74, 6) is -1.31. The van der Waals surface area contributed by atoms with Crippen molar-refractivity contribution in [1.29, 1.82) is 0 Å². The van der Waals surface area contributed by atoms with Gasteiger partial charge in [-0.1, -0.05) is 6.08 Å². The zero-order valence-corrected chi connectivity index (χ0v) is 9.89. The predicted molar refractivity (Wildman–Crippen MR) is 56.0 cm³/mol. The van der Waals surface area contributed by atoms with E-state index >= 15 is 0 Å². The highest BCUT2D eigenvalue weighted by molar-refractivity contribution is 5.35. The molecule has 1 aliphatic carbocycles. The number of allylic oxidation sites excluding steroid dienone is 3. The van der Waals surface area contributed by atoms with Gasteiger partial charge in [0.1, 0.15) is 0 Å². The minimum absolute atomic E-state index is 0.0738. The Labute approximate surface area is 105 Å². The van der Waals surface area contributed by atoms with E-state index in [1.54, 1.807) is 0 Å². The van der Waals surface area contributed by atoms with Crippen LogP contribution in [0.15, 0.2) is 23.3 Å². The van der Waals surface area contributed by atoms with Crippen LogP contribution in [0.3, 0.4) is 0 Å². The van der Waals surface area contributed by atoms with Crippen molar-refractivity contribution < 1.29 is 31.4 Å². The van der Waals surface area contributed by atoms with Crippen LogP contribution < -0.4 is 5.73 Å². The third-order valence-electron chi connectivity index (χ3n) is 2.85. The minimum atomic E-state index is -4.90. The fourth-order valence-corrected chi connectivity index (χ4v) is 1.82. The molecule has 0 amide bonds. The highest BCUT2D eigenvalue weighted by Gasteiger charge is 2.43. The normalized spacial score (nSPS) is 24.6. The summed E-state index contributed by atoms with van der Waals surface area (Å²) in [6.45, 7) is 1.32. The number of hydrogen-bond donors (Lipinski definition) is 2. The Morgan fingerprint density at radius 2 is 1.74 bits per heavy atom. The van der Waals surface area contributed by atoms with E-state index in [1.807, 2.05) is 0 Å². The molecule has 19 heavy (non-hydrogen) atoms. The van der Waals surface area contributed by atoms with Gasteiger partial charge in [-0.05, 0) is 19.4 Å². The zero-order chi connectivity index (χ0) is 15.0. The molecule has 3 N–H and O–H groups in total. The first-order valence-electron chi connectivity index (χ1n) is 5.43. The number of aliphatic hydroxyl groups excluding tert-OH is 1. The van der Waals surface area contributed by atoms with Gasteiger partial charge >= 0.3 is 12.4 Å². The fraction of sp³-hybridized carbons (Fsp3) is 0.636. The Morgan fingerprint density at radius 1 is 1.21 bits per heavy atom. The first kappa shape index (κ1) is 16.0. The van der Waals surface area contributed by atoms with Gasteiger partial charge in [0.15, 0.2) is 0 Å². The number of alkyl halides is 6. The summed E-state index contributed by atoms with van der Waals surface area (Å²) in [7, 11) is 0. The van der Waals surface area contributed by atoms with E-state index in [2.05, 4.69) is 0 Å². The molecule has 2 nitrogen and oxygen atoms in total. The summed E-state index contributed by atoms with van der Waals surface area (Å²) < 4.78 is 75.3. The molecule has 0 aromatic heterocycles. The molecule has 0 heterocycles. The van der Waals surface area contributed by atoms with Crippen molar-refractivity contribution >= 4 is 0 Å². The van der Waals surface area contributed by atoms with Gasteiger partial charge in [0.25, 0.3) is 0 Å². The second kappa shape index (κ2) is 5.16. The standard InChI is InChI=1S/C11H13F6NO/c1-5(18)9(19)6-2-7(10(12,13)14)4-8(3-6)11(15,16)17/h2,4-6,9,19H,3,18H2,1H3. The van der Waals surface area contributed by atoms with Crippen molar-refractivity contribution in [3.63, 3.8) is 0 Å². The molecule has 0 radical (unpaired) electrons. The molecule has 0 saturated carbocycles. The SMILES string of the molecule is CC(N)C(O)C1C=C(C(F)(F)F)C=C(C(F)(F)F)C1. The van der Waals surface area contributed by atoms with Gasteiger partial charge in [-0.25, -0.2) is 0 Å². The lowest BCUT2D eigenvalue weighted by Crippen LogP contribution is -2.39. The molecule has 8 heteroatoms. The van der Waals surface area contributed by atoms with Crippen LogP contribution >= 0.6 is 0 Å². The van der Waals surface area contributed by atoms with Crippen LogP contribution in [0.4, 0.5) is 26.3 Å².